The average molecular weight is 310 g/mol. The Morgan fingerprint density at radius 2 is 2.00 bits per heavy atom. The number of hydrogen-bond donors (Lipinski definition) is 2. The maximum Gasteiger partial charge on any atom is 0.271 e. The zero-order valence-corrected chi connectivity index (χ0v) is 12.5. The maximum atomic E-state index is 12.1. The second kappa shape index (κ2) is 6.82. The fourth-order valence-corrected chi connectivity index (χ4v) is 2.57. The summed E-state index contributed by atoms with van der Waals surface area (Å²) in [6.07, 6.45) is 3.43. The molecule has 110 valence electrons. The number of thiazole rings is 1. The molecule has 0 aliphatic rings. The van der Waals surface area contributed by atoms with Gasteiger partial charge in [0.1, 0.15) is 5.69 Å². The van der Waals surface area contributed by atoms with Crippen LogP contribution < -0.4 is 10.6 Å². The molecule has 0 spiro atoms. The summed E-state index contributed by atoms with van der Waals surface area (Å²) in [6, 6.07) is 13.5. The van der Waals surface area contributed by atoms with Crippen LogP contribution >= 0.6 is 11.3 Å². The molecule has 0 bridgehead atoms. The number of nitrogens with zero attached hydrogens (tertiary/aromatic N) is 2. The first-order valence-corrected chi connectivity index (χ1v) is 7.64. The molecular weight excluding hydrogens is 296 g/mol. The number of carbonyl (C=O) groups is 1. The molecule has 0 saturated heterocycles. The largest absolute Gasteiger partial charge is 0.347 e. The Labute approximate surface area is 132 Å². The van der Waals surface area contributed by atoms with E-state index in [9.17, 15) is 4.79 Å². The molecule has 3 rings (SSSR count). The van der Waals surface area contributed by atoms with E-state index >= 15 is 0 Å². The van der Waals surface area contributed by atoms with Gasteiger partial charge in [0.15, 0.2) is 5.13 Å². The Balaban J connectivity index is 1.60. The Hall–Kier alpha value is -2.73. The number of para-hydroxylation sites is 1. The number of benzene rings is 1. The van der Waals surface area contributed by atoms with E-state index in [1.807, 2.05) is 42.5 Å². The first-order valence-electron chi connectivity index (χ1n) is 6.76. The number of hydrogen-bond acceptors (Lipinski definition) is 5. The number of amides is 1. The minimum atomic E-state index is -0.193. The van der Waals surface area contributed by atoms with Crippen LogP contribution in [0.5, 0.6) is 0 Å². The summed E-state index contributed by atoms with van der Waals surface area (Å²) in [5.41, 5.74) is 2.31. The van der Waals surface area contributed by atoms with Crippen molar-refractivity contribution < 1.29 is 4.79 Å². The molecule has 1 aromatic carbocycles. The Bertz CT molecular complexity index is 743. The third-order valence-corrected chi connectivity index (χ3v) is 3.70. The summed E-state index contributed by atoms with van der Waals surface area (Å²) in [7, 11) is 0. The second-order valence-corrected chi connectivity index (χ2v) is 5.43. The molecule has 5 nitrogen and oxygen atoms in total. The van der Waals surface area contributed by atoms with Gasteiger partial charge in [0.25, 0.3) is 5.91 Å². The average Bonchev–Trinajstić information content (AvgIpc) is 3.03. The zero-order valence-electron chi connectivity index (χ0n) is 11.7. The van der Waals surface area contributed by atoms with Gasteiger partial charge in [-0.15, -0.1) is 11.3 Å². The van der Waals surface area contributed by atoms with Crippen molar-refractivity contribution in [3.8, 4) is 0 Å². The number of anilines is 2. The molecular formula is C16H14N4OS. The first-order chi connectivity index (χ1) is 10.8. The molecule has 0 saturated carbocycles. The van der Waals surface area contributed by atoms with Crippen LogP contribution in [0.1, 0.15) is 16.1 Å². The standard InChI is InChI=1S/C16H14N4OS/c21-15(18-10-12-5-4-8-17-9-12)14-11-22-16(20-14)19-13-6-2-1-3-7-13/h1-9,11H,10H2,(H,18,21)(H,19,20). The van der Waals surface area contributed by atoms with Crippen molar-refractivity contribution in [3.05, 3.63) is 71.5 Å². The normalized spacial score (nSPS) is 10.2. The van der Waals surface area contributed by atoms with Crippen LogP contribution in [0, 0.1) is 0 Å². The van der Waals surface area contributed by atoms with E-state index in [-0.39, 0.29) is 5.91 Å². The van der Waals surface area contributed by atoms with Crippen LogP contribution in [0.25, 0.3) is 0 Å². The van der Waals surface area contributed by atoms with Crippen molar-refractivity contribution in [1.29, 1.82) is 0 Å². The molecule has 0 aliphatic heterocycles. The van der Waals surface area contributed by atoms with E-state index in [1.54, 1.807) is 17.8 Å². The van der Waals surface area contributed by atoms with Crippen molar-refractivity contribution in [2.75, 3.05) is 5.32 Å². The van der Waals surface area contributed by atoms with E-state index in [2.05, 4.69) is 20.6 Å². The highest BCUT2D eigenvalue weighted by molar-refractivity contribution is 7.14. The summed E-state index contributed by atoms with van der Waals surface area (Å²) >= 11 is 1.40. The van der Waals surface area contributed by atoms with Crippen molar-refractivity contribution in [2.24, 2.45) is 0 Å². The molecule has 6 heteroatoms. The summed E-state index contributed by atoms with van der Waals surface area (Å²) < 4.78 is 0. The van der Waals surface area contributed by atoms with Crippen molar-refractivity contribution in [2.45, 2.75) is 6.54 Å². The number of nitrogens with one attached hydrogen (secondary N) is 2. The summed E-state index contributed by atoms with van der Waals surface area (Å²) in [6.45, 7) is 0.436. The van der Waals surface area contributed by atoms with E-state index in [1.165, 1.54) is 11.3 Å². The summed E-state index contributed by atoms with van der Waals surface area (Å²) in [5, 5.41) is 8.43. The minimum Gasteiger partial charge on any atom is -0.347 e. The molecule has 0 aliphatic carbocycles. The molecule has 0 fully saturated rings. The number of rotatable bonds is 5. The van der Waals surface area contributed by atoms with Crippen LogP contribution in [0.4, 0.5) is 10.8 Å². The SMILES string of the molecule is O=C(NCc1cccnc1)c1csc(Nc2ccccc2)n1. The van der Waals surface area contributed by atoms with Gasteiger partial charge in [-0.1, -0.05) is 24.3 Å². The van der Waals surface area contributed by atoms with Crippen LogP contribution in [0.15, 0.2) is 60.2 Å². The summed E-state index contributed by atoms with van der Waals surface area (Å²) in [4.78, 5) is 20.4. The fraction of sp³-hybridized carbons (Fsp3) is 0.0625. The number of carbonyl (C=O) groups excluding carboxylic acids is 1. The molecule has 0 radical (unpaired) electrons. The lowest BCUT2D eigenvalue weighted by molar-refractivity contribution is 0.0946. The van der Waals surface area contributed by atoms with Gasteiger partial charge in [-0.25, -0.2) is 4.98 Å². The predicted octanol–water partition coefficient (Wildman–Crippen LogP) is 3.21. The van der Waals surface area contributed by atoms with Crippen LogP contribution in [-0.4, -0.2) is 15.9 Å². The molecule has 3 aromatic rings. The van der Waals surface area contributed by atoms with Gasteiger partial charge >= 0.3 is 0 Å². The lowest BCUT2D eigenvalue weighted by atomic mass is 10.3. The van der Waals surface area contributed by atoms with Crippen molar-refractivity contribution in [1.82, 2.24) is 15.3 Å². The lowest BCUT2D eigenvalue weighted by Crippen LogP contribution is -2.23. The van der Waals surface area contributed by atoms with Crippen molar-refractivity contribution >= 4 is 28.1 Å². The van der Waals surface area contributed by atoms with Gasteiger partial charge in [0.2, 0.25) is 0 Å². The van der Waals surface area contributed by atoms with Crippen LogP contribution in [0.3, 0.4) is 0 Å². The molecule has 0 unspecified atom stereocenters. The third-order valence-electron chi connectivity index (χ3n) is 2.94. The minimum absolute atomic E-state index is 0.193. The molecule has 1 amide bonds. The number of pyridine rings is 1. The van der Waals surface area contributed by atoms with E-state index in [0.717, 1.165) is 11.3 Å². The molecule has 2 heterocycles. The van der Waals surface area contributed by atoms with Gasteiger partial charge in [0, 0.05) is 30.0 Å². The lowest BCUT2D eigenvalue weighted by Gasteiger charge is -2.03. The quantitative estimate of drug-likeness (QED) is 0.759. The van der Waals surface area contributed by atoms with Gasteiger partial charge in [-0.05, 0) is 23.8 Å². The smallest absolute Gasteiger partial charge is 0.271 e. The molecule has 2 aromatic heterocycles. The van der Waals surface area contributed by atoms with Gasteiger partial charge in [0.05, 0.1) is 0 Å². The van der Waals surface area contributed by atoms with E-state index < -0.39 is 0 Å². The highest BCUT2D eigenvalue weighted by Gasteiger charge is 2.10. The Kier molecular flexibility index (Phi) is 4.41. The van der Waals surface area contributed by atoms with Gasteiger partial charge in [-0.3, -0.25) is 9.78 Å². The molecule has 2 N–H and O–H groups in total. The van der Waals surface area contributed by atoms with Gasteiger partial charge < -0.3 is 10.6 Å². The summed E-state index contributed by atoms with van der Waals surface area (Å²) in [5.74, 6) is -0.193. The topological polar surface area (TPSA) is 66.9 Å². The van der Waals surface area contributed by atoms with E-state index in [0.29, 0.717) is 17.4 Å². The van der Waals surface area contributed by atoms with Crippen LogP contribution in [-0.2, 0) is 6.54 Å². The first kappa shape index (κ1) is 14.2. The van der Waals surface area contributed by atoms with Crippen molar-refractivity contribution in [3.63, 3.8) is 0 Å². The third kappa shape index (κ3) is 3.67. The fourth-order valence-electron chi connectivity index (χ4n) is 1.86. The molecule has 22 heavy (non-hydrogen) atoms. The monoisotopic (exact) mass is 310 g/mol. The second-order valence-electron chi connectivity index (χ2n) is 4.57. The van der Waals surface area contributed by atoms with Gasteiger partial charge in [-0.2, -0.15) is 0 Å². The molecule has 0 atom stereocenters. The zero-order chi connectivity index (χ0) is 15.2. The number of aromatic nitrogens is 2. The Morgan fingerprint density at radius 1 is 1.14 bits per heavy atom. The highest BCUT2D eigenvalue weighted by Crippen LogP contribution is 2.20. The maximum absolute atomic E-state index is 12.1. The van der Waals surface area contributed by atoms with E-state index in [4.69, 9.17) is 0 Å². The van der Waals surface area contributed by atoms with Crippen LogP contribution in [0.2, 0.25) is 0 Å². The predicted molar refractivity (Wildman–Crippen MR) is 87.2 cm³/mol. The highest BCUT2D eigenvalue weighted by atomic mass is 32.1. The Morgan fingerprint density at radius 3 is 2.77 bits per heavy atom.